The van der Waals surface area contributed by atoms with E-state index in [1.807, 2.05) is 0 Å². The van der Waals surface area contributed by atoms with E-state index in [9.17, 15) is 0 Å². The maximum Gasteiger partial charge on any atom is 0.0505 e. The second kappa shape index (κ2) is 4.91. The van der Waals surface area contributed by atoms with Gasteiger partial charge in [-0.2, -0.15) is 0 Å². The lowest BCUT2D eigenvalue weighted by Crippen LogP contribution is -2.41. The molecule has 62 valence electrons. The Bertz CT molecular complexity index is 79.3. The lowest BCUT2D eigenvalue weighted by atomic mass is 10.5. The topological polar surface area (TPSA) is 3.24 Å². The zero-order chi connectivity index (χ0) is 8.15. The number of hydrogen-bond donors (Lipinski definition) is 0. The van der Waals surface area contributed by atoms with Crippen molar-refractivity contribution < 1.29 is 0 Å². The van der Waals surface area contributed by atoms with Gasteiger partial charge in [-0.05, 0) is 18.8 Å². The van der Waals surface area contributed by atoms with E-state index in [1.54, 1.807) is 0 Å². The third-order valence-corrected chi connectivity index (χ3v) is 4.70. The summed E-state index contributed by atoms with van der Waals surface area (Å²) in [6.07, 6.45) is 0. The van der Waals surface area contributed by atoms with Crippen molar-refractivity contribution in [3.63, 3.8) is 0 Å². The highest BCUT2D eigenvalue weighted by molar-refractivity contribution is 6.57. The highest BCUT2D eigenvalue weighted by atomic mass is 28.3. The molecule has 0 amide bonds. The van der Waals surface area contributed by atoms with Gasteiger partial charge in [-0.25, -0.2) is 0 Å². The molecule has 2 heteroatoms. The summed E-state index contributed by atoms with van der Waals surface area (Å²) in [6, 6.07) is 0. The summed E-state index contributed by atoms with van der Waals surface area (Å²) in [4.78, 5) is 2.55. The zero-order valence-electron chi connectivity index (χ0n) is 8.02. The molecule has 0 saturated heterocycles. The normalized spacial score (nSPS) is 14.7. The molecule has 0 saturated carbocycles. The number of hydrogen-bond acceptors (Lipinski definition) is 1. The van der Waals surface area contributed by atoms with Crippen LogP contribution in [0.25, 0.3) is 0 Å². The van der Waals surface area contributed by atoms with Crippen LogP contribution in [0.3, 0.4) is 0 Å². The second-order valence-electron chi connectivity index (χ2n) is 3.21. The van der Waals surface area contributed by atoms with E-state index < -0.39 is 8.80 Å². The third-order valence-electron chi connectivity index (χ3n) is 2.35. The highest BCUT2D eigenvalue weighted by Crippen LogP contribution is 2.01. The lowest BCUT2D eigenvalue weighted by Gasteiger charge is -2.28. The standard InChI is InChI=1S/C8H21NSi/c1-6-9(7-2)8(3)10(4)5/h8,10H,6-7H2,1-5H3. The van der Waals surface area contributed by atoms with Gasteiger partial charge in [-0.3, -0.25) is 0 Å². The van der Waals surface area contributed by atoms with Crippen LogP contribution in [0, 0.1) is 0 Å². The molecule has 0 N–H and O–H groups in total. The first-order valence-electron chi connectivity index (χ1n) is 4.37. The molecule has 0 aromatic heterocycles. The van der Waals surface area contributed by atoms with Gasteiger partial charge in [0, 0.05) is 0 Å². The minimum Gasteiger partial charge on any atom is -0.304 e. The molecule has 0 radical (unpaired) electrons. The van der Waals surface area contributed by atoms with Crippen molar-refractivity contribution in [2.24, 2.45) is 0 Å². The zero-order valence-corrected chi connectivity index (χ0v) is 9.17. The molecule has 0 aliphatic heterocycles. The van der Waals surface area contributed by atoms with Crippen LogP contribution in [0.15, 0.2) is 0 Å². The van der Waals surface area contributed by atoms with Crippen LogP contribution in [0.2, 0.25) is 13.1 Å². The van der Waals surface area contributed by atoms with E-state index in [2.05, 4.69) is 38.8 Å². The van der Waals surface area contributed by atoms with Crippen LogP contribution in [0.1, 0.15) is 20.8 Å². The molecule has 0 aromatic carbocycles. The Morgan fingerprint density at radius 1 is 1.20 bits per heavy atom. The second-order valence-corrected chi connectivity index (χ2v) is 6.66. The smallest absolute Gasteiger partial charge is 0.0505 e. The summed E-state index contributed by atoms with van der Waals surface area (Å²) in [6.45, 7) is 14.1. The average molecular weight is 159 g/mol. The van der Waals surface area contributed by atoms with Crippen molar-refractivity contribution >= 4 is 8.80 Å². The Hall–Kier alpha value is 0.177. The van der Waals surface area contributed by atoms with Crippen molar-refractivity contribution in [3.05, 3.63) is 0 Å². The maximum atomic E-state index is 2.55. The van der Waals surface area contributed by atoms with Crippen LogP contribution < -0.4 is 0 Å². The summed E-state index contributed by atoms with van der Waals surface area (Å²) in [7, 11) is -0.432. The first kappa shape index (κ1) is 10.2. The quantitative estimate of drug-likeness (QED) is 0.565. The van der Waals surface area contributed by atoms with Gasteiger partial charge >= 0.3 is 0 Å². The van der Waals surface area contributed by atoms with E-state index >= 15 is 0 Å². The predicted octanol–water partition coefficient (Wildman–Crippen LogP) is 1.74. The van der Waals surface area contributed by atoms with E-state index in [0.717, 1.165) is 5.67 Å². The Kier molecular flexibility index (Phi) is 5.00. The van der Waals surface area contributed by atoms with Crippen molar-refractivity contribution in [1.29, 1.82) is 0 Å². The van der Waals surface area contributed by atoms with Gasteiger partial charge < -0.3 is 4.90 Å². The molecule has 1 atom stereocenters. The molecule has 0 rings (SSSR count). The first-order chi connectivity index (χ1) is 4.63. The van der Waals surface area contributed by atoms with Gasteiger partial charge in [0.1, 0.15) is 0 Å². The van der Waals surface area contributed by atoms with Gasteiger partial charge in [0.05, 0.1) is 8.80 Å². The van der Waals surface area contributed by atoms with Crippen molar-refractivity contribution in [2.75, 3.05) is 13.1 Å². The molecule has 0 fully saturated rings. The van der Waals surface area contributed by atoms with Gasteiger partial charge in [-0.15, -0.1) is 0 Å². The molecule has 0 aliphatic rings. The van der Waals surface area contributed by atoms with Crippen LogP contribution in [-0.4, -0.2) is 32.5 Å². The van der Waals surface area contributed by atoms with Crippen molar-refractivity contribution in [3.8, 4) is 0 Å². The van der Waals surface area contributed by atoms with Crippen molar-refractivity contribution in [1.82, 2.24) is 4.90 Å². The van der Waals surface area contributed by atoms with E-state index in [1.165, 1.54) is 13.1 Å². The van der Waals surface area contributed by atoms with Gasteiger partial charge in [0.25, 0.3) is 0 Å². The summed E-state index contributed by atoms with van der Waals surface area (Å²) >= 11 is 0. The first-order valence-corrected chi connectivity index (χ1v) is 7.35. The van der Waals surface area contributed by atoms with Crippen LogP contribution >= 0.6 is 0 Å². The largest absolute Gasteiger partial charge is 0.304 e. The SMILES string of the molecule is CCN(CC)C(C)[SiH](C)C. The number of nitrogens with zero attached hydrogens (tertiary/aromatic N) is 1. The molecule has 0 heterocycles. The summed E-state index contributed by atoms with van der Waals surface area (Å²) < 4.78 is 0. The molecule has 0 aromatic rings. The van der Waals surface area contributed by atoms with Crippen LogP contribution in [0.5, 0.6) is 0 Å². The fourth-order valence-electron chi connectivity index (χ4n) is 1.22. The summed E-state index contributed by atoms with van der Waals surface area (Å²) in [5.41, 5.74) is 0.870. The Morgan fingerprint density at radius 3 is 1.70 bits per heavy atom. The predicted molar refractivity (Wildman–Crippen MR) is 51.3 cm³/mol. The number of rotatable bonds is 4. The summed E-state index contributed by atoms with van der Waals surface area (Å²) in [5.74, 6) is 0. The molecule has 0 aliphatic carbocycles. The molecular weight excluding hydrogens is 138 g/mol. The van der Waals surface area contributed by atoms with Gasteiger partial charge in [0.2, 0.25) is 0 Å². The Balaban J connectivity index is 3.76. The minimum absolute atomic E-state index is 0.432. The Labute approximate surface area is 67.0 Å². The molecular formula is C8H21NSi. The minimum atomic E-state index is -0.432. The molecule has 0 bridgehead atoms. The van der Waals surface area contributed by atoms with Crippen LogP contribution in [0.4, 0.5) is 0 Å². The van der Waals surface area contributed by atoms with Crippen molar-refractivity contribution in [2.45, 2.75) is 39.5 Å². The van der Waals surface area contributed by atoms with Gasteiger partial charge in [-0.1, -0.05) is 33.9 Å². The molecule has 0 spiro atoms. The average Bonchev–Trinajstić information content (AvgIpc) is 1.90. The van der Waals surface area contributed by atoms with E-state index in [4.69, 9.17) is 0 Å². The van der Waals surface area contributed by atoms with Gasteiger partial charge in [0.15, 0.2) is 0 Å². The fraction of sp³-hybridized carbons (Fsp3) is 1.00. The monoisotopic (exact) mass is 159 g/mol. The molecule has 10 heavy (non-hydrogen) atoms. The van der Waals surface area contributed by atoms with E-state index in [-0.39, 0.29) is 0 Å². The third kappa shape index (κ3) is 2.84. The lowest BCUT2D eigenvalue weighted by molar-refractivity contribution is 0.286. The Morgan fingerprint density at radius 2 is 1.60 bits per heavy atom. The maximum absolute atomic E-state index is 2.55. The highest BCUT2D eigenvalue weighted by Gasteiger charge is 2.13. The van der Waals surface area contributed by atoms with E-state index in [0.29, 0.717) is 0 Å². The summed E-state index contributed by atoms with van der Waals surface area (Å²) in [5, 5.41) is 0. The molecule has 1 unspecified atom stereocenters. The fourth-order valence-corrected chi connectivity index (χ4v) is 2.49. The van der Waals surface area contributed by atoms with Crippen LogP contribution in [-0.2, 0) is 0 Å². The molecule has 1 nitrogen and oxygen atoms in total.